The quantitative estimate of drug-likeness (QED) is 0.646. The van der Waals surface area contributed by atoms with Crippen molar-refractivity contribution in [2.75, 3.05) is 0 Å². The average Bonchev–Trinajstić information content (AvgIpc) is 3.06. The zero-order chi connectivity index (χ0) is 20.5. The lowest BCUT2D eigenvalue weighted by atomic mass is 10.3. The minimum absolute atomic E-state index is 0.0986. The summed E-state index contributed by atoms with van der Waals surface area (Å²) in [6.45, 7) is 3.16. The number of halogens is 1. The minimum Gasteiger partial charge on any atom is -0.493 e. The standard InChI is InChI=1S/C17H15FN4O5S/c1-10(2)22-16(23)13(19-20-15-12(18)9-27-21-15)8-14(17(22)24)28(25,26)11-6-4-3-5-7-11/h3-10,23H,1-2H3. The molecule has 0 unspecified atom stereocenters. The van der Waals surface area contributed by atoms with Gasteiger partial charge >= 0.3 is 0 Å². The highest BCUT2D eigenvalue weighted by atomic mass is 32.2. The summed E-state index contributed by atoms with van der Waals surface area (Å²) in [4.78, 5) is 12.1. The highest BCUT2D eigenvalue weighted by molar-refractivity contribution is 7.91. The Morgan fingerprint density at radius 3 is 2.46 bits per heavy atom. The van der Waals surface area contributed by atoms with Gasteiger partial charge in [0, 0.05) is 6.04 Å². The molecule has 28 heavy (non-hydrogen) atoms. The molecule has 0 radical (unpaired) electrons. The molecule has 1 aromatic carbocycles. The Bertz CT molecular complexity index is 1200. The van der Waals surface area contributed by atoms with E-state index in [1.807, 2.05) is 0 Å². The topological polar surface area (TPSA) is 127 Å². The summed E-state index contributed by atoms with van der Waals surface area (Å²) in [5, 5.41) is 20.8. The molecule has 0 aliphatic rings. The molecule has 11 heteroatoms. The van der Waals surface area contributed by atoms with Crippen LogP contribution in [0.4, 0.5) is 15.9 Å². The molecule has 0 bridgehead atoms. The van der Waals surface area contributed by atoms with Crippen LogP contribution in [0.25, 0.3) is 0 Å². The molecule has 2 aromatic heterocycles. The molecule has 0 aliphatic heterocycles. The SMILES string of the molecule is CC(C)n1c(O)c(N=Nc2nocc2F)cc(S(=O)(=O)c2ccccc2)c1=O. The van der Waals surface area contributed by atoms with E-state index in [9.17, 15) is 22.7 Å². The first-order valence-electron chi connectivity index (χ1n) is 8.03. The maximum absolute atomic E-state index is 13.4. The Labute approximate surface area is 158 Å². The van der Waals surface area contributed by atoms with Crippen molar-refractivity contribution in [3.05, 3.63) is 58.8 Å². The number of aromatic nitrogens is 2. The summed E-state index contributed by atoms with van der Waals surface area (Å²) < 4.78 is 44.5. The van der Waals surface area contributed by atoms with E-state index >= 15 is 0 Å². The van der Waals surface area contributed by atoms with Crippen LogP contribution in [0.2, 0.25) is 0 Å². The van der Waals surface area contributed by atoms with E-state index in [0.717, 1.165) is 10.6 Å². The van der Waals surface area contributed by atoms with Crippen LogP contribution in [-0.2, 0) is 9.84 Å². The molecule has 2 heterocycles. The van der Waals surface area contributed by atoms with Gasteiger partial charge in [0.05, 0.1) is 4.90 Å². The highest BCUT2D eigenvalue weighted by Gasteiger charge is 2.26. The molecule has 0 aliphatic carbocycles. The molecule has 0 fully saturated rings. The summed E-state index contributed by atoms with van der Waals surface area (Å²) >= 11 is 0. The summed E-state index contributed by atoms with van der Waals surface area (Å²) in [5.41, 5.74) is -1.26. The van der Waals surface area contributed by atoms with Crippen LogP contribution in [0, 0.1) is 5.82 Å². The van der Waals surface area contributed by atoms with Gasteiger partial charge in [0.15, 0.2) is 6.26 Å². The first kappa shape index (κ1) is 19.4. The third kappa shape index (κ3) is 3.43. The fourth-order valence-corrected chi connectivity index (χ4v) is 3.81. The number of benzene rings is 1. The highest BCUT2D eigenvalue weighted by Crippen LogP contribution is 2.32. The molecule has 146 valence electrons. The summed E-state index contributed by atoms with van der Waals surface area (Å²) in [6, 6.07) is 7.65. The summed E-state index contributed by atoms with van der Waals surface area (Å²) in [5.74, 6) is -1.99. The van der Waals surface area contributed by atoms with Gasteiger partial charge in [-0.1, -0.05) is 23.4 Å². The van der Waals surface area contributed by atoms with Crippen LogP contribution in [0.5, 0.6) is 5.88 Å². The van der Waals surface area contributed by atoms with Crippen molar-refractivity contribution in [2.45, 2.75) is 29.7 Å². The van der Waals surface area contributed by atoms with Gasteiger partial charge in [-0.05, 0) is 32.0 Å². The van der Waals surface area contributed by atoms with E-state index in [1.54, 1.807) is 19.9 Å². The Balaban J connectivity index is 2.24. The molecule has 0 saturated carbocycles. The maximum atomic E-state index is 13.4. The van der Waals surface area contributed by atoms with E-state index < -0.39 is 43.8 Å². The second kappa shape index (κ2) is 7.35. The number of pyridine rings is 1. The van der Waals surface area contributed by atoms with Crippen LogP contribution in [0.15, 0.2) is 72.0 Å². The number of hydrogen-bond donors (Lipinski definition) is 1. The van der Waals surface area contributed by atoms with Crippen molar-refractivity contribution < 1.29 is 22.4 Å². The monoisotopic (exact) mass is 406 g/mol. The van der Waals surface area contributed by atoms with Crippen molar-refractivity contribution in [1.82, 2.24) is 9.72 Å². The van der Waals surface area contributed by atoms with Crippen molar-refractivity contribution in [1.29, 1.82) is 0 Å². The first-order valence-corrected chi connectivity index (χ1v) is 9.52. The van der Waals surface area contributed by atoms with Gasteiger partial charge in [-0.2, -0.15) is 4.39 Å². The summed E-state index contributed by atoms with van der Waals surface area (Å²) in [6.07, 6.45) is 0.703. The van der Waals surface area contributed by atoms with E-state index in [2.05, 4.69) is 19.9 Å². The average molecular weight is 406 g/mol. The Kier molecular flexibility index (Phi) is 5.10. The Morgan fingerprint density at radius 1 is 1.21 bits per heavy atom. The van der Waals surface area contributed by atoms with Gasteiger partial charge in [-0.25, -0.2) is 8.42 Å². The van der Waals surface area contributed by atoms with Crippen molar-refractivity contribution in [3.8, 4) is 5.88 Å². The molecule has 3 aromatic rings. The molecule has 0 atom stereocenters. The maximum Gasteiger partial charge on any atom is 0.272 e. The number of aromatic hydroxyl groups is 1. The first-order chi connectivity index (χ1) is 13.2. The molecule has 0 amide bonds. The molecule has 0 saturated heterocycles. The van der Waals surface area contributed by atoms with Gasteiger partial charge in [-0.3, -0.25) is 9.36 Å². The van der Waals surface area contributed by atoms with E-state index in [-0.39, 0.29) is 10.6 Å². The van der Waals surface area contributed by atoms with Crippen LogP contribution < -0.4 is 5.56 Å². The van der Waals surface area contributed by atoms with Gasteiger partial charge in [0.1, 0.15) is 10.6 Å². The smallest absolute Gasteiger partial charge is 0.272 e. The fourth-order valence-electron chi connectivity index (χ4n) is 2.45. The Morgan fingerprint density at radius 2 is 1.89 bits per heavy atom. The second-order valence-corrected chi connectivity index (χ2v) is 7.91. The number of nitrogens with zero attached hydrogens (tertiary/aromatic N) is 4. The minimum atomic E-state index is -4.20. The Hall–Kier alpha value is -3.34. The lowest BCUT2D eigenvalue weighted by Gasteiger charge is -2.15. The van der Waals surface area contributed by atoms with Gasteiger partial charge in [-0.15, -0.1) is 10.2 Å². The predicted molar refractivity (Wildman–Crippen MR) is 95.3 cm³/mol. The van der Waals surface area contributed by atoms with E-state index in [1.165, 1.54) is 24.3 Å². The molecule has 1 N–H and O–H groups in total. The van der Waals surface area contributed by atoms with Gasteiger partial charge in [0.2, 0.25) is 21.5 Å². The van der Waals surface area contributed by atoms with Crippen LogP contribution in [0.3, 0.4) is 0 Å². The third-order valence-corrected chi connectivity index (χ3v) is 5.54. The lowest BCUT2D eigenvalue weighted by Crippen LogP contribution is -2.27. The lowest BCUT2D eigenvalue weighted by molar-refractivity contribution is 0.386. The van der Waals surface area contributed by atoms with Crippen LogP contribution >= 0.6 is 0 Å². The second-order valence-electron chi connectivity index (χ2n) is 5.99. The normalized spacial score (nSPS) is 12.1. The molecule has 9 nitrogen and oxygen atoms in total. The van der Waals surface area contributed by atoms with Crippen molar-refractivity contribution in [3.63, 3.8) is 0 Å². The van der Waals surface area contributed by atoms with E-state index in [4.69, 9.17) is 0 Å². The molecule has 3 rings (SSSR count). The van der Waals surface area contributed by atoms with Crippen molar-refractivity contribution >= 4 is 21.3 Å². The summed E-state index contributed by atoms with van der Waals surface area (Å²) in [7, 11) is -4.20. The van der Waals surface area contributed by atoms with E-state index in [0.29, 0.717) is 6.26 Å². The third-order valence-electron chi connectivity index (χ3n) is 3.78. The van der Waals surface area contributed by atoms with Gasteiger partial charge < -0.3 is 9.63 Å². The van der Waals surface area contributed by atoms with Crippen LogP contribution in [0.1, 0.15) is 19.9 Å². The number of rotatable bonds is 5. The number of hydrogen-bond acceptors (Lipinski definition) is 8. The predicted octanol–water partition coefficient (Wildman–Crippen LogP) is 3.51. The molecular formula is C17H15FN4O5S. The fraction of sp³-hybridized carbons (Fsp3) is 0.176. The van der Waals surface area contributed by atoms with Crippen LogP contribution in [-0.4, -0.2) is 23.2 Å². The number of azo groups is 1. The zero-order valence-corrected chi connectivity index (χ0v) is 15.6. The zero-order valence-electron chi connectivity index (χ0n) is 14.8. The molecule has 0 spiro atoms. The van der Waals surface area contributed by atoms with Crippen molar-refractivity contribution in [2.24, 2.45) is 10.2 Å². The van der Waals surface area contributed by atoms with Gasteiger partial charge in [0.25, 0.3) is 11.4 Å². The number of sulfone groups is 1. The largest absolute Gasteiger partial charge is 0.493 e. The molecular weight excluding hydrogens is 391 g/mol.